The molecule has 76 valence electrons. The molecule has 0 bridgehead atoms. The largest absolute Gasteiger partial charge is 0.239 e. The fourth-order valence-electron chi connectivity index (χ4n) is 2.17. The third-order valence-electron chi connectivity index (χ3n) is 2.99. The maximum absolute atomic E-state index is 14.5. The van der Waals surface area contributed by atoms with Gasteiger partial charge in [0.25, 0.3) is 0 Å². The highest BCUT2D eigenvalue weighted by molar-refractivity contribution is 9.10. The normalized spacial score (nSPS) is 20.7. The van der Waals surface area contributed by atoms with Gasteiger partial charge in [-0.3, -0.25) is 0 Å². The lowest BCUT2D eigenvalue weighted by atomic mass is 9.81. The van der Waals surface area contributed by atoms with Gasteiger partial charge < -0.3 is 0 Å². The smallest absolute Gasteiger partial charge is 0.136 e. The van der Waals surface area contributed by atoms with E-state index in [-0.39, 0.29) is 0 Å². The van der Waals surface area contributed by atoms with E-state index in [0.717, 1.165) is 22.9 Å². The third-order valence-corrected chi connectivity index (χ3v) is 3.48. The number of rotatable bonds is 1. The van der Waals surface area contributed by atoms with Crippen molar-refractivity contribution >= 4 is 15.9 Å². The van der Waals surface area contributed by atoms with Crippen LogP contribution in [-0.4, -0.2) is 0 Å². The summed E-state index contributed by atoms with van der Waals surface area (Å²) in [4.78, 5) is 0. The zero-order valence-electron chi connectivity index (χ0n) is 8.10. The molecular formula is C12H14BrF. The van der Waals surface area contributed by atoms with Gasteiger partial charge in [0.2, 0.25) is 0 Å². The predicted molar refractivity (Wildman–Crippen MR) is 60.0 cm³/mol. The lowest BCUT2D eigenvalue weighted by Crippen LogP contribution is -2.23. The Morgan fingerprint density at radius 3 is 2.50 bits per heavy atom. The van der Waals surface area contributed by atoms with E-state index in [2.05, 4.69) is 15.9 Å². The standard InChI is InChI=1S/C12H14BrF/c13-11-6-4-5-10(9-11)12(14)7-2-1-3-8-12/h4-6,9H,1-3,7-8H2. The van der Waals surface area contributed by atoms with Gasteiger partial charge in [-0.05, 0) is 43.4 Å². The first-order chi connectivity index (χ1) is 6.71. The van der Waals surface area contributed by atoms with Crippen molar-refractivity contribution in [2.45, 2.75) is 37.8 Å². The molecule has 1 fully saturated rings. The first-order valence-corrected chi connectivity index (χ1v) is 5.95. The Morgan fingerprint density at radius 2 is 1.86 bits per heavy atom. The second-order valence-electron chi connectivity index (χ2n) is 4.04. The van der Waals surface area contributed by atoms with E-state index in [0.29, 0.717) is 12.8 Å². The van der Waals surface area contributed by atoms with Gasteiger partial charge in [0.1, 0.15) is 5.67 Å². The first-order valence-electron chi connectivity index (χ1n) is 5.16. The Balaban J connectivity index is 2.28. The fraction of sp³-hybridized carbons (Fsp3) is 0.500. The van der Waals surface area contributed by atoms with Crippen molar-refractivity contribution in [3.63, 3.8) is 0 Å². The second kappa shape index (κ2) is 4.01. The lowest BCUT2D eigenvalue weighted by Gasteiger charge is -2.29. The minimum absolute atomic E-state index is 0.684. The summed E-state index contributed by atoms with van der Waals surface area (Å²) in [5.74, 6) is 0. The summed E-state index contributed by atoms with van der Waals surface area (Å²) in [6, 6.07) is 7.66. The molecule has 2 rings (SSSR count). The maximum Gasteiger partial charge on any atom is 0.136 e. The molecule has 1 aromatic rings. The molecule has 0 atom stereocenters. The monoisotopic (exact) mass is 256 g/mol. The Morgan fingerprint density at radius 1 is 1.14 bits per heavy atom. The van der Waals surface area contributed by atoms with E-state index in [1.165, 1.54) is 6.42 Å². The molecule has 14 heavy (non-hydrogen) atoms. The molecule has 1 aliphatic carbocycles. The first kappa shape index (κ1) is 10.2. The van der Waals surface area contributed by atoms with Crippen LogP contribution >= 0.6 is 15.9 Å². The molecule has 0 radical (unpaired) electrons. The molecule has 0 amide bonds. The lowest BCUT2D eigenvalue weighted by molar-refractivity contribution is 0.106. The zero-order chi connectivity index (χ0) is 10.0. The molecular weight excluding hydrogens is 243 g/mol. The Bertz CT molecular complexity index is 316. The SMILES string of the molecule is FC1(c2cccc(Br)c2)CCCCC1. The van der Waals surface area contributed by atoms with Crippen molar-refractivity contribution in [1.29, 1.82) is 0 Å². The topological polar surface area (TPSA) is 0 Å². The molecule has 0 aromatic heterocycles. The number of hydrogen-bond acceptors (Lipinski definition) is 0. The van der Waals surface area contributed by atoms with Crippen molar-refractivity contribution in [2.75, 3.05) is 0 Å². The van der Waals surface area contributed by atoms with Crippen LogP contribution in [0.2, 0.25) is 0 Å². The van der Waals surface area contributed by atoms with Crippen molar-refractivity contribution in [2.24, 2.45) is 0 Å². The molecule has 0 saturated heterocycles. The molecule has 0 spiro atoms. The van der Waals surface area contributed by atoms with Gasteiger partial charge in [0, 0.05) is 4.47 Å². The van der Waals surface area contributed by atoms with Crippen LogP contribution < -0.4 is 0 Å². The van der Waals surface area contributed by atoms with E-state index < -0.39 is 5.67 Å². The average Bonchev–Trinajstić information content (AvgIpc) is 2.19. The number of hydrogen-bond donors (Lipinski definition) is 0. The van der Waals surface area contributed by atoms with Crippen molar-refractivity contribution in [1.82, 2.24) is 0 Å². The van der Waals surface area contributed by atoms with Crippen molar-refractivity contribution in [3.05, 3.63) is 34.3 Å². The van der Waals surface area contributed by atoms with Crippen LogP contribution in [0, 0.1) is 0 Å². The molecule has 0 N–H and O–H groups in total. The van der Waals surface area contributed by atoms with Gasteiger partial charge in [0.15, 0.2) is 0 Å². The summed E-state index contributed by atoms with van der Waals surface area (Å²) in [5, 5.41) is 0. The number of alkyl halides is 1. The van der Waals surface area contributed by atoms with Crippen LogP contribution in [0.1, 0.15) is 37.7 Å². The molecule has 0 unspecified atom stereocenters. The zero-order valence-corrected chi connectivity index (χ0v) is 9.69. The van der Waals surface area contributed by atoms with Gasteiger partial charge in [-0.25, -0.2) is 4.39 Å². The van der Waals surface area contributed by atoms with Crippen LogP contribution in [0.4, 0.5) is 4.39 Å². The second-order valence-corrected chi connectivity index (χ2v) is 4.95. The fourth-order valence-corrected chi connectivity index (χ4v) is 2.57. The Hall–Kier alpha value is -0.370. The summed E-state index contributed by atoms with van der Waals surface area (Å²) < 4.78 is 15.4. The van der Waals surface area contributed by atoms with Gasteiger partial charge in [-0.1, -0.05) is 34.5 Å². The molecule has 0 heterocycles. The summed E-state index contributed by atoms with van der Waals surface area (Å²) in [6.07, 6.45) is 4.58. The molecule has 1 saturated carbocycles. The minimum atomic E-state index is -1.07. The van der Waals surface area contributed by atoms with Crippen LogP contribution in [0.3, 0.4) is 0 Å². The van der Waals surface area contributed by atoms with Crippen molar-refractivity contribution < 1.29 is 4.39 Å². The number of benzene rings is 1. The van der Waals surface area contributed by atoms with Crippen molar-refractivity contribution in [3.8, 4) is 0 Å². The average molecular weight is 257 g/mol. The summed E-state index contributed by atoms with van der Waals surface area (Å²) in [5.41, 5.74) is -0.228. The molecule has 1 aromatic carbocycles. The van der Waals surface area contributed by atoms with Crippen LogP contribution in [0.25, 0.3) is 0 Å². The van der Waals surface area contributed by atoms with Gasteiger partial charge in [0.05, 0.1) is 0 Å². The van der Waals surface area contributed by atoms with Gasteiger partial charge in [-0.2, -0.15) is 0 Å². The summed E-state index contributed by atoms with van der Waals surface area (Å²) >= 11 is 3.39. The minimum Gasteiger partial charge on any atom is -0.239 e. The molecule has 0 aliphatic heterocycles. The van der Waals surface area contributed by atoms with Crippen LogP contribution in [0.5, 0.6) is 0 Å². The van der Waals surface area contributed by atoms with E-state index in [4.69, 9.17) is 0 Å². The van der Waals surface area contributed by atoms with E-state index >= 15 is 0 Å². The van der Waals surface area contributed by atoms with E-state index in [1.54, 1.807) is 0 Å². The quantitative estimate of drug-likeness (QED) is 0.690. The van der Waals surface area contributed by atoms with E-state index in [9.17, 15) is 4.39 Å². The number of halogens is 2. The highest BCUT2D eigenvalue weighted by Crippen LogP contribution is 2.41. The van der Waals surface area contributed by atoms with Crippen LogP contribution in [-0.2, 0) is 5.67 Å². The Kier molecular flexibility index (Phi) is 2.91. The van der Waals surface area contributed by atoms with Crippen LogP contribution in [0.15, 0.2) is 28.7 Å². The maximum atomic E-state index is 14.5. The Labute approximate surface area is 92.6 Å². The summed E-state index contributed by atoms with van der Waals surface area (Å²) in [7, 11) is 0. The van der Waals surface area contributed by atoms with E-state index in [1.807, 2.05) is 24.3 Å². The highest BCUT2D eigenvalue weighted by atomic mass is 79.9. The predicted octanol–water partition coefficient (Wildman–Crippen LogP) is 4.58. The third kappa shape index (κ3) is 2.00. The highest BCUT2D eigenvalue weighted by Gasteiger charge is 2.33. The molecule has 0 nitrogen and oxygen atoms in total. The molecule has 1 aliphatic rings. The molecule has 2 heteroatoms. The summed E-state index contributed by atoms with van der Waals surface area (Å²) in [6.45, 7) is 0. The van der Waals surface area contributed by atoms with Gasteiger partial charge >= 0.3 is 0 Å². The van der Waals surface area contributed by atoms with Gasteiger partial charge in [-0.15, -0.1) is 0 Å².